The number of aromatic nitrogens is 3. The van der Waals surface area contributed by atoms with Gasteiger partial charge in [-0.25, -0.2) is 0 Å². The quantitative estimate of drug-likeness (QED) is 0.247. The third-order valence-corrected chi connectivity index (χ3v) is 6.66. The molecule has 36 heavy (non-hydrogen) atoms. The minimum absolute atomic E-state index is 0.829. The molecule has 0 N–H and O–H groups in total. The molecule has 0 aliphatic heterocycles. The lowest BCUT2D eigenvalue weighted by atomic mass is 10.1. The molecule has 170 valence electrons. The maximum absolute atomic E-state index is 4.71. The molecule has 0 saturated heterocycles. The highest BCUT2D eigenvalue weighted by atomic mass is 15.3. The molecule has 7 rings (SSSR count). The number of rotatable bonds is 4. The van der Waals surface area contributed by atoms with Gasteiger partial charge >= 0.3 is 0 Å². The van der Waals surface area contributed by atoms with Crippen molar-refractivity contribution in [2.75, 3.05) is 4.90 Å². The average molecular weight is 463 g/mol. The van der Waals surface area contributed by atoms with E-state index in [2.05, 4.69) is 136 Å². The van der Waals surface area contributed by atoms with Gasteiger partial charge < -0.3 is 4.90 Å². The molecule has 0 aliphatic carbocycles. The van der Waals surface area contributed by atoms with Gasteiger partial charge in [0.2, 0.25) is 0 Å². The summed E-state index contributed by atoms with van der Waals surface area (Å²) >= 11 is 0. The second-order valence-electron chi connectivity index (χ2n) is 8.80. The summed E-state index contributed by atoms with van der Waals surface area (Å²) in [4.78, 5) is 2.26. The van der Waals surface area contributed by atoms with Crippen LogP contribution < -0.4 is 4.90 Å². The summed E-state index contributed by atoms with van der Waals surface area (Å²) in [5, 5.41) is 12.8. The molecule has 0 amide bonds. The fraction of sp³-hybridized carbons (Fsp3) is 0. The molecule has 0 saturated carbocycles. The highest BCUT2D eigenvalue weighted by Crippen LogP contribution is 2.37. The second kappa shape index (κ2) is 8.36. The summed E-state index contributed by atoms with van der Waals surface area (Å²) in [5.41, 5.74) is 6.24. The topological polar surface area (TPSA) is 33.4 Å². The zero-order valence-electron chi connectivity index (χ0n) is 19.5. The van der Waals surface area contributed by atoms with Crippen LogP contribution in [-0.4, -0.2) is 14.6 Å². The minimum atomic E-state index is 0.829. The van der Waals surface area contributed by atoms with Crippen LogP contribution in [0.5, 0.6) is 0 Å². The van der Waals surface area contributed by atoms with Crippen LogP contribution in [0.1, 0.15) is 0 Å². The Labute approximate surface area is 208 Å². The van der Waals surface area contributed by atoms with Crippen molar-refractivity contribution in [1.82, 2.24) is 14.6 Å². The third kappa shape index (κ3) is 3.23. The Morgan fingerprint density at radius 1 is 0.472 bits per heavy atom. The SMILES string of the molecule is c1ccc(N(c2ccccc2)c2cccc(-c3nnc4c5ccccc5c5ccccc5n34)c2)cc1. The van der Waals surface area contributed by atoms with Gasteiger partial charge in [0, 0.05) is 33.4 Å². The van der Waals surface area contributed by atoms with E-state index in [-0.39, 0.29) is 0 Å². The first-order valence-corrected chi connectivity index (χ1v) is 12.0. The highest BCUT2D eigenvalue weighted by Gasteiger charge is 2.17. The number of hydrogen-bond donors (Lipinski definition) is 0. The normalized spacial score (nSPS) is 11.3. The van der Waals surface area contributed by atoms with Gasteiger partial charge in [0.05, 0.1) is 5.52 Å². The highest BCUT2D eigenvalue weighted by molar-refractivity contribution is 6.12. The second-order valence-corrected chi connectivity index (χ2v) is 8.80. The summed E-state index contributed by atoms with van der Waals surface area (Å²) in [5.74, 6) is 0.829. The number of pyridine rings is 1. The largest absolute Gasteiger partial charge is 0.310 e. The van der Waals surface area contributed by atoms with Crippen molar-refractivity contribution in [2.45, 2.75) is 0 Å². The lowest BCUT2D eigenvalue weighted by molar-refractivity contribution is 1.12. The summed E-state index contributed by atoms with van der Waals surface area (Å²) in [6, 6.07) is 46.3. The fourth-order valence-corrected chi connectivity index (χ4v) is 5.07. The first-order chi connectivity index (χ1) is 17.9. The fourth-order valence-electron chi connectivity index (χ4n) is 5.07. The Kier molecular flexibility index (Phi) is 4.74. The maximum Gasteiger partial charge on any atom is 0.169 e. The minimum Gasteiger partial charge on any atom is -0.310 e. The van der Waals surface area contributed by atoms with E-state index >= 15 is 0 Å². The van der Waals surface area contributed by atoms with Gasteiger partial charge in [-0.3, -0.25) is 4.40 Å². The Bertz CT molecular complexity index is 1800. The molecule has 7 aromatic rings. The number of anilines is 3. The zero-order valence-corrected chi connectivity index (χ0v) is 19.5. The van der Waals surface area contributed by atoms with Crippen molar-refractivity contribution in [3.8, 4) is 11.4 Å². The number of para-hydroxylation sites is 3. The molecule has 0 bridgehead atoms. The molecule has 2 heterocycles. The number of nitrogens with zero attached hydrogens (tertiary/aromatic N) is 4. The van der Waals surface area contributed by atoms with E-state index in [0.717, 1.165) is 45.0 Å². The van der Waals surface area contributed by atoms with Crippen LogP contribution in [0.3, 0.4) is 0 Å². The Balaban J connectivity index is 1.47. The summed E-state index contributed by atoms with van der Waals surface area (Å²) < 4.78 is 2.19. The molecular weight excluding hydrogens is 440 g/mol. The molecule has 0 unspecified atom stereocenters. The van der Waals surface area contributed by atoms with Crippen LogP contribution in [0.2, 0.25) is 0 Å². The van der Waals surface area contributed by atoms with Gasteiger partial charge in [0.15, 0.2) is 11.5 Å². The number of benzene rings is 5. The van der Waals surface area contributed by atoms with Crippen molar-refractivity contribution >= 4 is 44.4 Å². The van der Waals surface area contributed by atoms with Gasteiger partial charge in [0.1, 0.15) is 0 Å². The standard InChI is InChI=1S/C32H22N4/c1-3-13-24(14-4-1)35(25-15-5-2-6-16-25)26-17-11-12-23(22-26)31-33-34-32-29-20-8-7-18-27(29)28-19-9-10-21-30(28)36(31)32/h1-22H. The molecule has 0 fully saturated rings. The van der Waals surface area contributed by atoms with Gasteiger partial charge in [-0.2, -0.15) is 0 Å². The predicted molar refractivity (Wildman–Crippen MR) is 148 cm³/mol. The summed E-state index contributed by atoms with van der Waals surface area (Å²) in [6.45, 7) is 0. The first kappa shape index (κ1) is 20.4. The summed E-state index contributed by atoms with van der Waals surface area (Å²) in [7, 11) is 0. The van der Waals surface area contributed by atoms with E-state index in [0.29, 0.717) is 0 Å². The van der Waals surface area contributed by atoms with Crippen LogP contribution in [0.25, 0.3) is 38.7 Å². The average Bonchev–Trinajstić information content (AvgIpc) is 3.41. The van der Waals surface area contributed by atoms with Gasteiger partial charge in [0.25, 0.3) is 0 Å². The Morgan fingerprint density at radius 3 is 1.78 bits per heavy atom. The Morgan fingerprint density at radius 2 is 1.06 bits per heavy atom. The first-order valence-electron chi connectivity index (χ1n) is 12.0. The number of fused-ring (bicyclic) bond motifs is 6. The van der Waals surface area contributed by atoms with Gasteiger partial charge in [-0.1, -0.05) is 91.0 Å². The van der Waals surface area contributed by atoms with Crippen molar-refractivity contribution in [3.05, 3.63) is 133 Å². The van der Waals surface area contributed by atoms with E-state index < -0.39 is 0 Å². The van der Waals surface area contributed by atoms with E-state index in [4.69, 9.17) is 5.10 Å². The summed E-state index contributed by atoms with van der Waals surface area (Å²) in [6.07, 6.45) is 0. The van der Waals surface area contributed by atoms with Gasteiger partial charge in [-0.05, 0) is 47.9 Å². The molecule has 0 aliphatic rings. The zero-order chi connectivity index (χ0) is 23.9. The van der Waals surface area contributed by atoms with Crippen LogP contribution in [0.15, 0.2) is 133 Å². The van der Waals surface area contributed by atoms with Crippen LogP contribution in [-0.2, 0) is 0 Å². The van der Waals surface area contributed by atoms with Crippen LogP contribution in [0, 0.1) is 0 Å². The van der Waals surface area contributed by atoms with Crippen LogP contribution >= 0.6 is 0 Å². The van der Waals surface area contributed by atoms with Gasteiger partial charge in [-0.15, -0.1) is 10.2 Å². The Hall–Kier alpha value is -4.96. The van der Waals surface area contributed by atoms with E-state index in [1.165, 1.54) is 10.8 Å². The van der Waals surface area contributed by atoms with Crippen LogP contribution in [0.4, 0.5) is 17.1 Å². The smallest absolute Gasteiger partial charge is 0.169 e. The van der Waals surface area contributed by atoms with Crippen molar-refractivity contribution in [2.24, 2.45) is 0 Å². The predicted octanol–water partition coefficient (Wildman–Crippen LogP) is 8.17. The monoisotopic (exact) mass is 462 g/mol. The third-order valence-electron chi connectivity index (χ3n) is 6.66. The molecular formula is C32H22N4. The lowest BCUT2D eigenvalue weighted by Crippen LogP contribution is -2.09. The molecule has 4 heteroatoms. The molecule has 0 atom stereocenters. The van der Waals surface area contributed by atoms with Crippen molar-refractivity contribution in [1.29, 1.82) is 0 Å². The molecule has 5 aromatic carbocycles. The lowest BCUT2D eigenvalue weighted by Gasteiger charge is -2.25. The molecule has 0 spiro atoms. The van der Waals surface area contributed by atoms with Crippen molar-refractivity contribution < 1.29 is 0 Å². The molecule has 2 aromatic heterocycles. The molecule has 0 radical (unpaired) electrons. The maximum atomic E-state index is 4.71. The van der Waals surface area contributed by atoms with E-state index in [1.807, 2.05) is 12.1 Å². The van der Waals surface area contributed by atoms with E-state index in [9.17, 15) is 0 Å². The van der Waals surface area contributed by atoms with E-state index in [1.54, 1.807) is 0 Å². The van der Waals surface area contributed by atoms with Crippen molar-refractivity contribution in [3.63, 3.8) is 0 Å². The number of hydrogen-bond acceptors (Lipinski definition) is 3. The molecule has 4 nitrogen and oxygen atoms in total.